The molecule has 1 amide bonds. The number of amides is 1. The average Bonchev–Trinajstić information content (AvgIpc) is 2.47. The van der Waals surface area contributed by atoms with Gasteiger partial charge >= 0.3 is 0 Å². The molecule has 0 saturated carbocycles. The Bertz CT molecular complexity index is 654. The van der Waals surface area contributed by atoms with E-state index in [9.17, 15) is 4.79 Å². The third-order valence-corrected chi connectivity index (χ3v) is 3.48. The Morgan fingerprint density at radius 1 is 1.18 bits per heavy atom. The first-order chi connectivity index (χ1) is 10.5. The van der Waals surface area contributed by atoms with Crippen LogP contribution >= 0.6 is 23.2 Å². The molecule has 5 nitrogen and oxygen atoms in total. The zero-order valence-corrected chi connectivity index (χ0v) is 13.8. The highest BCUT2D eigenvalue weighted by atomic mass is 35.5. The van der Waals surface area contributed by atoms with E-state index in [0.29, 0.717) is 40.5 Å². The van der Waals surface area contributed by atoms with Crippen molar-refractivity contribution in [3.05, 3.63) is 46.2 Å². The van der Waals surface area contributed by atoms with Crippen molar-refractivity contribution < 1.29 is 4.79 Å². The van der Waals surface area contributed by atoms with Gasteiger partial charge < -0.3 is 10.2 Å². The van der Waals surface area contributed by atoms with Crippen molar-refractivity contribution in [2.45, 2.75) is 13.8 Å². The quantitative estimate of drug-likeness (QED) is 0.894. The van der Waals surface area contributed by atoms with Gasteiger partial charge in [-0.1, -0.05) is 23.2 Å². The van der Waals surface area contributed by atoms with E-state index in [1.54, 1.807) is 29.2 Å². The first-order valence-electron chi connectivity index (χ1n) is 6.89. The number of aromatic nitrogens is 2. The number of benzene rings is 1. The van der Waals surface area contributed by atoms with Gasteiger partial charge in [-0.2, -0.15) is 0 Å². The largest absolute Gasteiger partial charge is 0.338 e. The second kappa shape index (κ2) is 7.42. The second-order valence-electron chi connectivity index (χ2n) is 4.53. The summed E-state index contributed by atoms with van der Waals surface area (Å²) in [5.74, 6) is 0.191. The van der Waals surface area contributed by atoms with E-state index >= 15 is 0 Å². The minimum atomic E-state index is -0.125. The molecule has 22 heavy (non-hydrogen) atoms. The van der Waals surface area contributed by atoms with Crippen LogP contribution in [-0.4, -0.2) is 33.9 Å². The molecule has 116 valence electrons. The number of nitrogens with one attached hydrogen (secondary N) is 1. The molecule has 2 aromatic rings. The maximum absolute atomic E-state index is 12.3. The summed E-state index contributed by atoms with van der Waals surface area (Å²) in [6, 6.07) is 6.64. The lowest BCUT2D eigenvalue weighted by atomic mass is 10.3. The Balaban J connectivity index is 2.23. The number of rotatable bonds is 5. The van der Waals surface area contributed by atoms with Gasteiger partial charge in [0.2, 0.25) is 5.95 Å². The molecular formula is C15H16Cl2N4O. The molecule has 0 radical (unpaired) electrons. The summed E-state index contributed by atoms with van der Waals surface area (Å²) >= 11 is 11.9. The van der Waals surface area contributed by atoms with Crippen molar-refractivity contribution in [1.29, 1.82) is 0 Å². The van der Waals surface area contributed by atoms with E-state index in [1.807, 2.05) is 13.8 Å². The molecule has 1 heterocycles. The van der Waals surface area contributed by atoms with Gasteiger partial charge in [0.1, 0.15) is 5.69 Å². The van der Waals surface area contributed by atoms with E-state index in [2.05, 4.69) is 15.3 Å². The minimum Gasteiger partial charge on any atom is -0.338 e. The number of halogens is 2. The molecule has 1 N–H and O–H groups in total. The lowest BCUT2D eigenvalue weighted by Gasteiger charge is -2.18. The van der Waals surface area contributed by atoms with Crippen LogP contribution in [0.15, 0.2) is 30.5 Å². The minimum absolute atomic E-state index is 0.125. The molecule has 0 atom stereocenters. The number of carbonyl (C=O) groups is 1. The monoisotopic (exact) mass is 338 g/mol. The molecule has 0 saturated heterocycles. The molecule has 0 aliphatic heterocycles. The van der Waals surface area contributed by atoms with Crippen LogP contribution in [0.5, 0.6) is 0 Å². The van der Waals surface area contributed by atoms with Crippen molar-refractivity contribution in [2.75, 3.05) is 18.4 Å². The topological polar surface area (TPSA) is 58.1 Å². The van der Waals surface area contributed by atoms with Crippen LogP contribution in [0.25, 0.3) is 0 Å². The summed E-state index contributed by atoms with van der Waals surface area (Å²) in [7, 11) is 0. The zero-order chi connectivity index (χ0) is 16.1. The number of hydrogen-bond acceptors (Lipinski definition) is 4. The van der Waals surface area contributed by atoms with Crippen LogP contribution < -0.4 is 5.32 Å². The highest BCUT2D eigenvalue weighted by Gasteiger charge is 2.14. The fraction of sp³-hybridized carbons (Fsp3) is 0.267. The van der Waals surface area contributed by atoms with Gasteiger partial charge in [-0.25, -0.2) is 9.97 Å². The summed E-state index contributed by atoms with van der Waals surface area (Å²) in [5, 5.41) is 4.00. The molecule has 0 aliphatic carbocycles. The van der Waals surface area contributed by atoms with E-state index in [-0.39, 0.29) is 5.91 Å². The molecule has 0 unspecified atom stereocenters. The van der Waals surface area contributed by atoms with Crippen LogP contribution in [0.1, 0.15) is 24.3 Å². The number of nitrogens with zero attached hydrogens (tertiary/aromatic N) is 3. The summed E-state index contributed by atoms with van der Waals surface area (Å²) in [5.41, 5.74) is 0.999. The SMILES string of the molecule is CCN(CC)C(=O)c1ccnc(Nc2cc(Cl)cc(Cl)c2)n1. The zero-order valence-electron chi connectivity index (χ0n) is 12.3. The third kappa shape index (κ3) is 4.08. The Labute approximate surface area is 139 Å². The van der Waals surface area contributed by atoms with Gasteiger partial charge in [-0.15, -0.1) is 0 Å². The van der Waals surface area contributed by atoms with Crippen LogP contribution in [-0.2, 0) is 0 Å². The molecule has 0 bridgehead atoms. The molecule has 0 aliphatic rings. The number of anilines is 2. The number of carbonyl (C=O) groups excluding carboxylic acids is 1. The molecule has 1 aromatic heterocycles. The average molecular weight is 339 g/mol. The predicted molar refractivity (Wildman–Crippen MR) is 89.0 cm³/mol. The first kappa shape index (κ1) is 16.5. The Morgan fingerprint density at radius 2 is 1.82 bits per heavy atom. The summed E-state index contributed by atoms with van der Waals surface area (Å²) in [6.45, 7) is 5.11. The van der Waals surface area contributed by atoms with Gasteiger partial charge in [0.15, 0.2) is 0 Å². The van der Waals surface area contributed by atoms with Gasteiger partial charge in [-0.3, -0.25) is 4.79 Å². The Kier molecular flexibility index (Phi) is 5.57. The maximum Gasteiger partial charge on any atom is 0.272 e. The van der Waals surface area contributed by atoms with Crippen molar-refractivity contribution in [3.63, 3.8) is 0 Å². The van der Waals surface area contributed by atoms with Crippen LogP contribution in [0.4, 0.5) is 11.6 Å². The van der Waals surface area contributed by atoms with Gasteiger partial charge in [0.05, 0.1) is 0 Å². The van der Waals surface area contributed by atoms with E-state index in [0.717, 1.165) is 0 Å². The highest BCUT2D eigenvalue weighted by molar-refractivity contribution is 6.35. The molecular weight excluding hydrogens is 323 g/mol. The summed E-state index contributed by atoms with van der Waals surface area (Å²) < 4.78 is 0. The summed E-state index contributed by atoms with van der Waals surface area (Å²) in [6.07, 6.45) is 1.54. The smallest absolute Gasteiger partial charge is 0.272 e. The van der Waals surface area contributed by atoms with Crippen molar-refractivity contribution in [1.82, 2.24) is 14.9 Å². The van der Waals surface area contributed by atoms with Gasteiger partial charge in [-0.05, 0) is 38.1 Å². The van der Waals surface area contributed by atoms with Crippen LogP contribution in [0, 0.1) is 0 Å². The third-order valence-electron chi connectivity index (χ3n) is 3.04. The van der Waals surface area contributed by atoms with Crippen LogP contribution in [0.2, 0.25) is 10.0 Å². The summed E-state index contributed by atoms with van der Waals surface area (Å²) in [4.78, 5) is 22.3. The van der Waals surface area contributed by atoms with Gasteiger partial charge in [0.25, 0.3) is 5.91 Å². The Morgan fingerprint density at radius 3 is 2.41 bits per heavy atom. The molecule has 1 aromatic carbocycles. The van der Waals surface area contributed by atoms with E-state index in [1.165, 1.54) is 6.20 Å². The number of hydrogen-bond donors (Lipinski definition) is 1. The maximum atomic E-state index is 12.3. The van der Waals surface area contributed by atoms with Crippen molar-refractivity contribution >= 4 is 40.7 Å². The van der Waals surface area contributed by atoms with E-state index in [4.69, 9.17) is 23.2 Å². The van der Waals surface area contributed by atoms with Gasteiger partial charge in [0, 0.05) is 35.0 Å². The highest BCUT2D eigenvalue weighted by Crippen LogP contribution is 2.24. The molecule has 0 fully saturated rings. The Hall–Kier alpha value is -1.85. The molecule has 0 spiro atoms. The van der Waals surface area contributed by atoms with E-state index < -0.39 is 0 Å². The lowest BCUT2D eigenvalue weighted by Crippen LogP contribution is -2.31. The molecule has 7 heteroatoms. The lowest BCUT2D eigenvalue weighted by molar-refractivity contribution is 0.0767. The fourth-order valence-corrected chi connectivity index (χ4v) is 2.49. The second-order valence-corrected chi connectivity index (χ2v) is 5.40. The van der Waals surface area contributed by atoms with Crippen molar-refractivity contribution in [2.24, 2.45) is 0 Å². The fourth-order valence-electron chi connectivity index (χ4n) is 1.97. The normalized spacial score (nSPS) is 10.4. The predicted octanol–water partition coefficient (Wildman–Crippen LogP) is 4.01. The molecule has 2 rings (SSSR count). The van der Waals surface area contributed by atoms with Crippen molar-refractivity contribution in [3.8, 4) is 0 Å². The van der Waals surface area contributed by atoms with Crippen LogP contribution in [0.3, 0.4) is 0 Å². The standard InChI is InChI=1S/C15H16Cl2N4O/c1-3-21(4-2)14(22)13-5-6-18-15(20-13)19-12-8-10(16)7-11(17)9-12/h5-9H,3-4H2,1-2H3,(H,18,19,20). The first-order valence-corrected chi connectivity index (χ1v) is 7.64.